The fraction of sp³-hybridized carbons (Fsp3) is 0.538. The highest BCUT2D eigenvalue weighted by molar-refractivity contribution is 7.99. The van der Waals surface area contributed by atoms with Crippen molar-refractivity contribution in [1.29, 1.82) is 0 Å². The maximum Gasteiger partial charge on any atom is 0.119 e. The van der Waals surface area contributed by atoms with Crippen LogP contribution < -0.4 is 0 Å². The van der Waals surface area contributed by atoms with Crippen molar-refractivity contribution in [3.8, 4) is 5.75 Å². The van der Waals surface area contributed by atoms with Gasteiger partial charge in [-0.05, 0) is 30.5 Å². The highest BCUT2D eigenvalue weighted by Crippen LogP contribution is 2.34. The maximum absolute atomic E-state index is 9.79. The third kappa shape index (κ3) is 3.72. The zero-order chi connectivity index (χ0) is 12.3. The number of hydrogen-bond donors (Lipinski definition) is 2. The molecule has 0 fully saturated rings. The molecular weight excluding hydrogens is 220 g/mol. The summed E-state index contributed by atoms with van der Waals surface area (Å²) < 4.78 is 0. The van der Waals surface area contributed by atoms with Gasteiger partial charge in [0.2, 0.25) is 0 Å². The van der Waals surface area contributed by atoms with Gasteiger partial charge in [0.1, 0.15) is 5.75 Å². The first-order chi connectivity index (χ1) is 7.30. The second-order valence-electron chi connectivity index (χ2n) is 5.09. The summed E-state index contributed by atoms with van der Waals surface area (Å²) in [5, 5.41) is 19.0. The van der Waals surface area contributed by atoms with Crippen molar-refractivity contribution in [2.24, 2.45) is 0 Å². The Morgan fingerprint density at radius 1 is 1.31 bits per heavy atom. The van der Waals surface area contributed by atoms with Crippen molar-refractivity contribution in [3.05, 3.63) is 23.8 Å². The summed E-state index contributed by atoms with van der Waals surface area (Å²) in [6, 6.07) is 5.62. The molecule has 16 heavy (non-hydrogen) atoms. The van der Waals surface area contributed by atoms with E-state index in [-0.39, 0.29) is 11.5 Å². The topological polar surface area (TPSA) is 40.5 Å². The summed E-state index contributed by atoms with van der Waals surface area (Å²) in [6.45, 7) is 8.00. The molecule has 0 heterocycles. The largest absolute Gasteiger partial charge is 0.508 e. The van der Waals surface area contributed by atoms with Gasteiger partial charge >= 0.3 is 0 Å². The Balaban J connectivity index is 2.90. The number of hydrogen-bond acceptors (Lipinski definition) is 3. The van der Waals surface area contributed by atoms with Crippen LogP contribution in [0.1, 0.15) is 33.3 Å². The Morgan fingerprint density at radius 2 is 1.94 bits per heavy atom. The predicted molar refractivity (Wildman–Crippen MR) is 69.2 cm³/mol. The van der Waals surface area contributed by atoms with Gasteiger partial charge in [-0.15, -0.1) is 11.8 Å². The van der Waals surface area contributed by atoms with E-state index in [9.17, 15) is 10.2 Å². The molecule has 3 heteroatoms. The summed E-state index contributed by atoms with van der Waals surface area (Å²) in [6.07, 6.45) is -0.308. The van der Waals surface area contributed by atoms with Gasteiger partial charge in [-0.25, -0.2) is 0 Å². The number of phenolic OH excluding ortho intramolecular Hbond substituents is 1. The monoisotopic (exact) mass is 240 g/mol. The molecule has 90 valence electrons. The van der Waals surface area contributed by atoms with Crippen molar-refractivity contribution < 1.29 is 10.2 Å². The molecule has 0 saturated heterocycles. The molecule has 1 aromatic carbocycles. The molecule has 2 N–H and O–H groups in total. The first kappa shape index (κ1) is 13.4. The molecule has 0 saturated carbocycles. The average molecular weight is 240 g/mol. The van der Waals surface area contributed by atoms with Crippen LogP contribution in [0.2, 0.25) is 0 Å². The number of benzene rings is 1. The van der Waals surface area contributed by atoms with Gasteiger partial charge in [0.25, 0.3) is 0 Å². The lowest BCUT2D eigenvalue weighted by molar-refractivity contribution is 0.220. The van der Waals surface area contributed by atoms with Crippen LogP contribution in [0.5, 0.6) is 5.75 Å². The number of phenols is 1. The Bertz CT molecular complexity index is 353. The van der Waals surface area contributed by atoms with Crippen LogP contribution in [0, 0.1) is 0 Å². The van der Waals surface area contributed by atoms with Gasteiger partial charge in [0.05, 0.1) is 6.10 Å². The number of aliphatic hydroxyl groups excluding tert-OH is 1. The minimum atomic E-state index is -0.308. The summed E-state index contributed by atoms with van der Waals surface area (Å²) in [5.41, 5.74) is 0.883. The summed E-state index contributed by atoms with van der Waals surface area (Å²) in [4.78, 5) is 1.09. The van der Waals surface area contributed by atoms with E-state index in [0.29, 0.717) is 11.5 Å². The van der Waals surface area contributed by atoms with Crippen LogP contribution in [-0.2, 0) is 5.41 Å². The van der Waals surface area contributed by atoms with Crippen LogP contribution in [0.3, 0.4) is 0 Å². The Hall–Kier alpha value is -0.670. The molecule has 1 aromatic rings. The van der Waals surface area contributed by atoms with E-state index in [1.165, 1.54) is 0 Å². The highest BCUT2D eigenvalue weighted by Gasteiger charge is 2.18. The molecule has 2 nitrogen and oxygen atoms in total. The van der Waals surface area contributed by atoms with E-state index in [0.717, 1.165) is 10.5 Å². The van der Waals surface area contributed by atoms with Crippen LogP contribution in [0.25, 0.3) is 0 Å². The molecule has 1 atom stereocenters. The predicted octanol–water partition coefficient (Wildman–Crippen LogP) is 3.16. The van der Waals surface area contributed by atoms with Crippen molar-refractivity contribution in [3.63, 3.8) is 0 Å². The van der Waals surface area contributed by atoms with Gasteiger partial charge in [-0.3, -0.25) is 0 Å². The normalized spacial score (nSPS) is 13.8. The maximum atomic E-state index is 9.79. The van der Waals surface area contributed by atoms with E-state index < -0.39 is 0 Å². The highest BCUT2D eigenvalue weighted by atomic mass is 32.2. The van der Waals surface area contributed by atoms with E-state index in [1.54, 1.807) is 24.8 Å². The summed E-state index contributed by atoms with van der Waals surface area (Å²) >= 11 is 1.61. The first-order valence-electron chi connectivity index (χ1n) is 5.45. The molecule has 0 amide bonds. The lowest BCUT2D eigenvalue weighted by Gasteiger charge is -2.21. The van der Waals surface area contributed by atoms with Crippen LogP contribution >= 0.6 is 11.8 Å². The van der Waals surface area contributed by atoms with Gasteiger partial charge in [-0.2, -0.15) is 0 Å². The fourth-order valence-corrected chi connectivity index (χ4v) is 2.22. The molecule has 0 radical (unpaired) electrons. The quantitative estimate of drug-likeness (QED) is 0.797. The standard InChI is InChI=1S/C13H20O2S/c1-9(14)8-16-10-5-6-12(15)11(7-10)13(2,3)4/h5-7,9,14-15H,8H2,1-4H3. The molecule has 0 aromatic heterocycles. The number of rotatable bonds is 3. The molecule has 1 unspecified atom stereocenters. The Kier molecular flexibility index (Phi) is 4.28. The van der Waals surface area contributed by atoms with Gasteiger partial charge in [-0.1, -0.05) is 20.8 Å². The zero-order valence-electron chi connectivity index (χ0n) is 10.3. The fourth-order valence-electron chi connectivity index (χ4n) is 1.42. The summed E-state index contributed by atoms with van der Waals surface area (Å²) in [5.74, 6) is 1.02. The van der Waals surface area contributed by atoms with Crippen molar-refractivity contribution in [2.75, 3.05) is 5.75 Å². The molecule has 0 aliphatic rings. The van der Waals surface area contributed by atoms with E-state index in [2.05, 4.69) is 20.8 Å². The van der Waals surface area contributed by atoms with E-state index in [4.69, 9.17) is 0 Å². The SMILES string of the molecule is CC(O)CSc1ccc(O)c(C(C)(C)C)c1. The van der Waals surface area contributed by atoms with Crippen LogP contribution in [0.4, 0.5) is 0 Å². The summed E-state index contributed by atoms with van der Waals surface area (Å²) in [7, 11) is 0. The lowest BCUT2D eigenvalue weighted by atomic mass is 9.86. The van der Waals surface area contributed by atoms with E-state index in [1.807, 2.05) is 12.1 Å². The Morgan fingerprint density at radius 3 is 2.44 bits per heavy atom. The third-order valence-electron chi connectivity index (χ3n) is 2.27. The second-order valence-corrected chi connectivity index (χ2v) is 6.18. The number of aromatic hydroxyl groups is 1. The van der Waals surface area contributed by atoms with Crippen LogP contribution in [-0.4, -0.2) is 22.1 Å². The van der Waals surface area contributed by atoms with Crippen molar-refractivity contribution in [1.82, 2.24) is 0 Å². The molecule has 0 spiro atoms. The minimum Gasteiger partial charge on any atom is -0.508 e. The molecule has 1 rings (SSSR count). The smallest absolute Gasteiger partial charge is 0.119 e. The number of thioether (sulfide) groups is 1. The number of aliphatic hydroxyl groups is 1. The second kappa shape index (κ2) is 5.11. The zero-order valence-corrected chi connectivity index (χ0v) is 11.1. The van der Waals surface area contributed by atoms with Crippen LogP contribution in [0.15, 0.2) is 23.1 Å². The molecule has 0 aliphatic heterocycles. The molecule has 0 aliphatic carbocycles. The third-order valence-corrected chi connectivity index (χ3v) is 3.50. The van der Waals surface area contributed by atoms with Gasteiger partial charge in [0.15, 0.2) is 0 Å². The van der Waals surface area contributed by atoms with Gasteiger partial charge < -0.3 is 10.2 Å². The minimum absolute atomic E-state index is 0.0640. The van der Waals surface area contributed by atoms with Crippen molar-refractivity contribution in [2.45, 2.75) is 44.1 Å². The van der Waals surface area contributed by atoms with Crippen molar-refractivity contribution >= 4 is 11.8 Å². The van der Waals surface area contributed by atoms with Gasteiger partial charge in [0, 0.05) is 16.2 Å². The molecular formula is C13H20O2S. The average Bonchev–Trinajstić information content (AvgIpc) is 2.14. The molecule has 0 bridgehead atoms. The lowest BCUT2D eigenvalue weighted by Crippen LogP contribution is -2.11. The Labute approximate surface area is 102 Å². The first-order valence-corrected chi connectivity index (χ1v) is 6.43. The van der Waals surface area contributed by atoms with E-state index >= 15 is 0 Å².